The molecule has 1 atom stereocenters. The van der Waals surface area contributed by atoms with Crippen molar-refractivity contribution in [3.05, 3.63) is 0 Å². The lowest BCUT2D eigenvalue weighted by molar-refractivity contribution is -0.119. The van der Waals surface area contributed by atoms with Crippen LogP contribution in [0.4, 0.5) is 4.79 Å². The molecule has 9 heteroatoms. The molecule has 1 heterocycles. The summed E-state index contributed by atoms with van der Waals surface area (Å²) in [7, 11) is 0. The number of rotatable bonds is 5. The lowest BCUT2D eigenvalue weighted by atomic mass is 10.2. The minimum atomic E-state index is -0.460. The van der Waals surface area contributed by atoms with Gasteiger partial charge in [0.15, 0.2) is 0 Å². The lowest BCUT2D eigenvalue weighted by Gasteiger charge is -2.15. The zero-order valence-corrected chi connectivity index (χ0v) is 13.9. The van der Waals surface area contributed by atoms with Gasteiger partial charge in [0.1, 0.15) is 0 Å². The first-order valence-electron chi connectivity index (χ1n) is 7.53. The van der Waals surface area contributed by atoms with Crippen LogP contribution >= 0.6 is 11.8 Å². The Labute approximate surface area is 133 Å². The number of nitrogens with one attached hydrogen (secondary N) is 2. The third kappa shape index (κ3) is 4.43. The minimum Gasteiger partial charge on any atom is -0.335 e. The SMILES string of the molecule is CC(Sc1nnnn1C(C)C)C(=O)NC(=O)NC1CCCC1. The fourth-order valence-corrected chi connectivity index (χ4v) is 3.23. The van der Waals surface area contributed by atoms with E-state index in [1.165, 1.54) is 11.8 Å². The zero-order chi connectivity index (χ0) is 16.1. The summed E-state index contributed by atoms with van der Waals surface area (Å²) in [6, 6.07) is -0.129. The van der Waals surface area contributed by atoms with Crippen LogP contribution in [0.15, 0.2) is 5.16 Å². The molecule has 0 radical (unpaired) electrons. The van der Waals surface area contributed by atoms with E-state index in [1.807, 2.05) is 13.8 Å². The Bertz CT molecular complexity index is 526. The third-order valence-corrected chi connectivity index (χ3v) is 4.58. The Morgan fingerprint density at radius 3 is 2.59 bits per heavy atom. The van der Waals surface area contributed by atoms with Gasteiger partial charge in [-0.15, -0.1) is 5.10 Å². The molecule has 122 valence electrons. The van der Waals surface area contributed by atoms with Crippen molar-refractivity contribution >= 4 is 23.7 Å². The van der Waals surface area contributed by atoms with Gasteiger partial charge in [0, 0.05) is 6.04 Å². The van der Waals surface area contributed by atoms with Crippen molar-refractivity contribution in [3.8, 4) is 0 Å². The summed E-state index contributed by atoms with van der Waals surface area (Å²) in [5, 5.41) is 16.7. The average molecular weight is 326 g/mol. The lowest BCUT2D eigenvalue weighted by Crippen LogP contribution is -2.46. The van der Waals surface area contributed by atoms with E-state index in [4.69, 9.17) is 0 Å². The largest absolute Gasteiger partial charge is 0.335 e. The van der Waals surface area contributed by atoms with Crippen LogP contribution < -0.4 is 10.6 Å². The molecule has 1 aliphatic carbocycles. The molecule has 8 nitrogen and oxygen atoms in total. The maximum absolute atomic E-state index is 12.1. The van der Waals surface area contributed by atoms with Gasteiger partial charge in [0.2, 0.25) is 11.1 Å². The van der Waals surface area contributed by atoms with Gasteiger partial charge in [0.05, 0.1) is 11.3 Å². The number of hydrogen-bond donors (Lipinski definition) is 2. The summed E-state index contributed by atoms with van der Waals surface area (Å²) in [4.78, 5) is 23.9. The van der Waals surface area contributed by atoms with Crippen LogP contribution in [0.5, 0.6) is 0 Å². The van der Waals surface area contributed by atoms with Gasteiger partial charge in [-0.1, -0.05) is 24.6 Å². The molecule has 1 aliphatic rings. The summed E-state index contributed by atoms with van der Waals surface area (Å²) in [5.74, 6) is -0.348. The average Bonchev–Trinajstić information content (AvgIpc) is 3.09. The van der Waals surface area contributed by atoms with Gasteiger partial charge in [-0.3, -0.25) is 10.1 Å². The van der Waals surface area contributed by atoms with Crippen LogP contribution in [0.25, 0.3) is 0 Å². The summed E-state index contributed by atoms with van der Waals surface area (Å²) >= 11 is 1.23. The fraction of sp³-hybridized carbons (Fsp3) is 0.769. The molecule has 1 fully saturated rings. The van der Waals surface area contributed by atoms with E-state index in [9.17, 15) is 9.59 Å². The first kappa shape index (κ1) is 16.7. The molecule has 1 unspecified atom stereocenters. The van der Waals surface area contributed by atoms with Crippen LogP contribution in [0.2, 0.25) is 0 Å². The van der Waals surface area contributed by atoms with Crippen molar-refractivity contribution in [2.75, 3.05) is 0 Å². The van der Waals surface area contributed by atoms with Gasteiger partial charge in [-0.25, -0.2) is 9.48 Å². The second-order valence-corrected chi connectivity index (χ2v) is 7.01. The number of amides is 3. The number of tetrazole rings is 1. The molecule has 0 saturated heterocycles. The van der Waals surface area contributed by atoms with Gasteiger partial charge in [0.25, 0.3) is 0 Å². The Morgan fingerprint density at radius 2 is 1.95 bits per heavy atom. The second kappa shape index (κ2) is 7.57. The van der Waals surface area contributed by atoms with E-state index in [0.29, 0.717) is 5.16 Å². The highest BCUT2D eigenvalue weighted by Crippen LogP contribution is 2.22. The predicted molar refractivity (Wildman–Crippen MR) is 82.5 cm³/mol. The number of carbonyl (C=O) groups excluding carboxylic acids is 2. The highest BCUT2D eigenvalue weighted by atomic mass is 32.2. The maximum Gasteiger partial charge on any atom is 0.321 e. The summed E-state index contributed by atoms with van der Waals surface area (Å²) < 4.78 is 1.65. The second-order valence-electron chi connectivity index (χ2n) is 5.70. The molecule has 2 N–H and O–H groups in total. The van der Waals surface area contributed by atoms with Gasteiger partial charge in [-0.2, -0.15) is 0 Å². The van der Waals surface area contributed by atoms with Gasteiger partial charge in [-0.05, 0) is 44.0 Å². The van der Waals surface area contributed by atoms with E-state index in [1.54, 1.807) is 11.6 Å². The van der Waals surface area contributed by atoms with Crippen molar-refractivity contribution in [3.63, 3.8) is 0 Å². The Balaban J connectivity index is 1.83. The van der Waals surface area contributed by atoms with Crippen LogP contribution in [-0.2, 0) is 4.79 Å². The van der Waals surface area contributed by atoms with Crippen LogP contribution in [-0.4, -0.2) is 43.4 Å². The number of nitrogens with zero attached hydrogens (tertiary/aromatic N) is 4. The quantitative estimate of drug-likeness (QED) is 0.795. The molecule has 0 bridgehead atoms. The van der Waals surface area contributed by atoms with Gasteiger partial charge < -0.3 is 5.32 Å². The highest BCUT2D eigenvalue weighted by Gasteiger charge is 2.23. The Hall–Kier alpha value is -1.64. The van der Waals surface area contributed by atoms with Crippen LogP contribution in [0.1, 0.15) is 52.5 Å². The van der Waals surface area contributed by atoms with Crippen molar-refractivity contribution in [1.29, 1.82) is 0 Å². The van der Waals surface area contributed by atoms with Crippen LogP contribution in [0, 0.1) is 0 Å². The normalized spacial score (nSPS) is 16.7. The Kier molecular flexibility index (Phi) is 5.76. The highest BCUT2D eigenvalue weighted by molar-refractivity contribution is 8.00. The van der Waals surface area contributed by atoms with E-state index >= 15 is 0 Å². The molecule has 0 aliphatic heterocycles. The molecular formula is C13H22N6O2S. The van der Waals surface area contributed by atoms with E-state index in [2.05, 4.69) is 26.2 Å². The molecule has 1 saturated carbocycles. The molecule has 3 amide bonds. The van der Waals surface area contributed by atoms with E-state index in [0.717, 1.165) is 25.7 Å². The summed E-state index contributed by atoms with van der Waals surface area (Å²) in [6.07, 6.45) is 4.22. The number of urea groups is 1. The predicted octanol–water partition coefficient (Wildman–Crippen LogP) is 1.50. The number of imide groups is 1. The summed E-state index contributed by atoms with van der Waals surface area (Å²) in [6.45, 7) is 5.64. The molecule has 0 aromatic carbocycles. The first-order chi connectivity index (χ1) is 10.5. The molecule has 1 aromatic rings. The third-order valence-electron chi connectivity index (χ3n) is 3.53. The van der Waals surface area contributed by atoms with Crippen molar-refractivity contribution in [2.24, 2.45) is 0 Å². The monoisotopic (exact) mass is 326 g/mol. The number of aromatic nitrogens is 4. The molecule has 1 aromatic heterocycles. The fourth-order valence-electron chi connectivity index (χ4n) is 2.30. The van der Waals surface area contributed by atoms with Crippen LogP contribution in [0.3, 0.4) is 0 Å². The zero-order valence-electron chi connectivity index (χ0n) is 13.1. The first-order valence-corrected chi connectivity index (χ1v) is 8.41. The smallest absolute Gasteiger partial charge is 0.321 e. The van der Waals surface area contributed by atoms with Crippen molar-refractivity contribution in [1.82, 2.24) is 30.8 Å². The molecular weight excluding hydrogens is 304 g/mol. The summed E-state index contributed by atoms with van der Waals surface area (Å²) in [5.41, 5.74) is 0. The minimum absolute atomic E-state index is 0.110. The maximum atomic E-state index is 12.1. The van der Waals surface area contributed by atoms with Crippen molar-refractivity contribution < 1.29 is 9.59 Å². The molecule has 22 heavy (non-hydrogen) atoms. The Morgan fingerprint density at radius 1 is 1.27 bits per heavy atom. The van der Waals surface area contributed by atoms with E-state index in [-0.39, 0.29) is 18.0 Å². The van der Waals surface area contributed by atoms with Gasteiger partial charge >= 0.3 is 6.03 Å². The number of carbonyl (C=O) groups is 2. The number of hydrogen-bond acceptors (Lipinski definition) is 6. The molecule has 0 spiro atoms. The topological polar surface area (TPSA) is 102 Å². The standard InChI is InChI=1S/C13H22N6O2S/c1-8(2)19-13(16-17-18-19)22-9(3)11(20)15-12(21)14-10-6-4-5-7-10/h8-10H,4-7H2,1-3H3,(H2,14,15,20,21). The molecule has 2 rings (SSSR count). The number of thioether (sulfide) groups is 1. The van der Waals surface area contributed by atoms with Crippen molar-refractivity contribution in [2.45, 2.75) is 68.9 Å². The van der Waals surface area contributed by atoms with E-state index < -0.39 is 11.3 Å².